The van der Waals surface area contributed by atoms with Gasteiger partial charge in [-0.1, -0.05) is 41.9 Å². The van der Waals surface area contributed by atoms with E-state index >= 15 is 0 Å². The van der Waals surface area contributed by atoms with Crippen LogP contribution in [0.25, 0.3) is 10.8 Å². The van der Waals surface area contributed by atoms with Crippen molar-refractivity contribution in [3.8, 4) is 5.75 Å². The van der Waals surface area contributed by atoms with Crippen LogP contribution in [0.4, 0.5) is 0 Å². The van der Waals surface area contributed by atoms with Crippen molar-refractivity contribution in [2.45, 2.75) is 6.92 Å². The van der Waals surface area contributed by atoms with Crippen LogP contribution in [0, 0.1) is 6.92 Å². The SMILES string of the molecule is Cc1cc(OC(=O)c2ccc3ccccc3c2)ccc1Cl. The normalized spacial score (nSPS) is 10.6. The van der Waals surface area contributed by atoms with Gasteiger partial charge in [0.2, 0.25) is 0 Å². The van der Waals surface area contributed by atoms with Crippen LogP contribution in [0.5, 0.6) is 5.75 Å². The van der Waals surface area contributed by atoms with E-state index < -0.39 is 0 Å². The van der Waals surface area contributed by atoms with Gasteiger partial charge < -0.3 is 4.74 Å². The molecule has 3 heteroatoms. The zero-order valence-corrected chi connectivity index (χ0v) is 12.2. The molecule has 3 aromatic carbocycles. The minimum absolute atomic E-state index is 0.373. The van der Waals surface area contributed by atoms with Crippen molar-refractivity contribution in [3.05, 3.63) is 76.8 Å². The Kier molecular flexibility index (Phi) is 3.63. The lowest BCUT2D eigenvalue weighted by Gasteiger charge is -2.07. The number of carbonyl (C=O) groups excluding carboxylic acids is 1. The van der Waals surface area contributed by atoms with E-state index in [1.54, 1.807) is 24.3 Å². The molecule has 0 aliphatic rings. The summed E-state index contributed by atoms with van der Waals surface area (Å²) in [5.74, 6) is 0.123. The number of rotatable bonds is 2. The molecule has 21 heavy (non-hydrogen) atoms. The van der Waals surface area contributed by atoms with Crippen LogP contribution < -0.4 is 4.74 Å². The summed E-state index contributed by atoms with van der Waals surface area (Å²) in [6.45, 7) is 1.87. The van der Waals surface area contributed by atoms with E-state index in [1.165, 1.54) is 0 Å². The summed E-state index contributed by atoms with van der Waals surface area (Å²) in [4.78, 5) is 12.2. The number of hydrogen-bond acceptors (Lipinski definition) is 2. The van der Waals surface area contributed by atoms with Gasteiger partial charge in [0.15, 0.2) is 0 Å². The maximum atomic E-state index is 12.2. The van der Waals surface area contributed by atoms with E-state index in [0.717, 1.165) is 16.3 Å². The molecular weight excluding hydrogens is 284 g/mol. The molecule has 0 aliphatic heterocycles. The number of fused-ring (bicyclic) bond motifs is 1. The molecule has 0 aromatic heterocycles. The van der Waals surface area contributed by atoms with Gasteiger partial charge in [0, 0.05) is 5.02 Å². The Morgan fingerprint density at radius 1 is 0.952 bits per heavy atom. The van der Waals surface area contributed by atoms with E-state index in [0.29, 0.717) is 16.3 Å². The Morgan fingerprint density at radius 3 is 2.48 bits per heavy atom. The van der Waals surface area contributed by atoms with E-state index in [-0.39, 0.29) is 5.97 Å². The Morgan fingerprint density at radius 2 is 1.71 bits per heavy atom. The van der Waals surface area contributed by atoms with E-state index in [4.69, 9.17) is 16.3 Å². The molecule has 0 atom stereocenters. The minimum Gasteiger partial charge on any atom is -0.423 e. The highest BCUT2D eigenvalue weighted by molar-refractivity contribution is 6.31. The van der Waals surface area contributed by atoms with E-state index in [1.807, 2.05) is 43.3 Å². The summed E-state index contributed by atoms with van der Waals surface area (Å²) in [6, 6.07) is 18.6. The molecule has 0 saturated heterocycles. The average Bonchev–Trinajstić information content (AvgIpc) is 2.50. The van der Waals surface area contributed by atoms with Gasteiger partial charge in [-0.15, -0.1) is 0 Å². The van der Waals surface area contributed by atoms with Crippen molar-refractivity contribution in [2.24, 2.45) is 0 Å². The van der Waals surface area contributed by atoms with Gasteiger partial charge in [-0.05, 0) is 53.6 Å². The van der Waals surface area contributed by atoms with Crippen LogP contribution in [0.2, 0.25) is 5.02 Å². The lowest BCUT2D eigenvalue weighted by Crippen LogP contribution is -2.08. The van der Waals surface area contributed by atoms with Crippen LogP contribution in [-0.2, 0) is 0 Å². The summed E-state index contributed by atoms with van der Waals surface area (Å²) in [7, 11) is 0. The van der Waals surface area contributed by atoms with Gasteiger partial charge in [-0.3, -0.25) is 0 Å². The fourth-order valence-electron chi connectivity index (χ4n) is 2.16. The molecule has 3 rings (SSSR count). The first-order valence-corrected chi connectivity index (χ1v) is 6.98. The first-order chi connectivity index (χ1) is 10.1. The highest BCUT2D eigenvalue weighted by Gasteiger charge is 2.10. The molecule has 0 bridgehead atoms. The number of esters is 1. The third kappa shape index (κ3) is 2.91. The third-order valence-corrected chi connectivity index (χ3v) is 3.75. The second-order valence-corrected chi connectivity index (χ2v) is 5.27. The highest BCUT2D eigenvalue weighted by Crippen LogP contribution is 2.22. The minimum atomic E-state index is -0.373. The van der Waals surface area contributed by atoms with Gasteiger partial charge in [0.25, 0.3) is 0 Å². The van der Waals surface area contributed by atoms with Crippen molar-refractivity contribution in [3.63, 3.8) is 0 Å². The Labute approximate surface area is 127 Å². The average molecular weight is 297 g/mol. The summed E-state index contributed by atoms with van der Waals surface area (Å²) < 4.78 is 5.39. The summed E-state index contributed by atoms with van der Waals surface area (Å²) in [5.41, 5.74) is 1.40. The van der Waals surface area contributed by atoms with Crippen molar-refractivity contribution in [1.82, 2.24) is 0 Å². The van der Waals surface area contributed by atoms with Crippen LogP contribution >= 0.6 is 11.6 Å². The lowest BCUT2D eigenvalue weighted by atomic mass is 10.1. The standard InChI is InChI=1S/C18H13ClO2/c1-12-10-16(8-9-17(12)19)21-18(20)15-7-6-13-4-2-3-5-14(13)11-15/h2-11H,1H3. The first-order valence-electron chi connectivity index (χ1n) is 6.60. The molecule has 104 valence electrons. The molecule has 0 heterocycles. The zero-order chi connectivity index (χ0) is 14.8. The summed E-state index contributed by atoms with van der Waals surface area (Å²) in [6.07, 6.45) is 0. The van der Waals surface area contributed by atoms with Gasteiger partial charge >= 0.3 is 5.97 Å². The lowest BCUT2D eigenvalue weighted by molar-refractivity contribution is 0.0735. The van der Waals surface area contributed by atoms with Crippen LogP contribution in [-0.4, -0.2) is 5.97 Å². The van der Waals surface area contributed by atoms with Crippen molar-refractivity contribution in [2.75, 3.05) is 0 Å². The van der Waals surface area contributed by atoms with Gasteiger partial charge in [0.1, 0.15) is 5.75 Å². The summed E-state index contributed by atoms with van der Waals surface area (Å²) in [5, 5.41) is 2.76. The van der Waals surface area contributed by atoms with Crippen LogP contribution in [0.3, 0.4) is 0 Å². The fraction of sp³-hybridized carbons (Fsp3) is 0.0556. The quantitative estimate of drug-likeness (QED) is 0.490. The number of carbonyl (C=O) groups is 1. The molecule has 0 aliphatic carbocycles. The summed E-state index contributed by atoms with van der Waals surface area (Å²) >= 11 is 5.96. The zero-order valence-electron chi connectivity index (χ0n) is 11.5. The molecule has 0 radical (unpaired) electrons. The molecule has 0 unspecified atom stereocenters. The smallest absolute Gasteiger partial charge is 0.343 e. The molecule has 0 spiro atoms. The monoisotopic (exact) mass is 296 g/mol. The first kappa shape index (κ1) is 13.7. The predicted octanol–water partition coefficient (Wildman–Crippen LogP) is 5.02. The predicted molar refractivity (Wildman–Crippen MR) is 85.1 cm³/mol. The van der Waals surface area contributed by atoms with Crippen molar-refractivity contribution < 1.29 is 9.53 Å². The second kappa shape index (κ2) is 5.58. The Hall–Kier alpha value is -2.32. The van der Waals surface area contributed by atoms with Gasteiger partial charge in [-0.2, -0.15) is 0 Å². The highest BCUT2D eigenvalue weighted by atomic mass is 35.5. The van der Waals surface area contributed by atoms with E-state index in [2.05, 4.69) is 0 Å². The Bertz CT molecular complexity index is 824. The molecule has 0 saturated carbocycles. The number of benzene rings is 3. The molecule has 2 nitrogen and oxygen atoms in total. The topological polar surface area (TPSA) is 26.3 Å². The Balaban J connectivity index is 1.87. The molecule has 0 fully saturated rings. The largest absolute Gasteiger partial charge is 0.423 e. The van der Waals surface area contributed by atoms with Crippen LogP contribution in [0.15, 0.2) is 60.7 Å². The molecule has 3 aromatic rings. The number of ether oxygens (including phenoxy) is 1. The number of hydrogen-bond donors (Lipinski definition) is 0. The van der Waals surface area contributed by atoms with Gasteiger partial charge in [-0.25, -0.2) is 4.79 Å². The molecule has 0 N–H and O–H groups in total. The van der Waals surface area contributed by atoms with Crippen molar-refractivity contribution >= 4 is 28.3 Å². The third-order valence-electron chi connectivity index (χ3n) is 3.33. The van der Waals surface area contributed by atoms with Crippen LogP contribution in [0.1, 0.15) is 15.9 Å². The fourth-order valence-corrected chi connectivity index (χ4v) is 2.28. The second-order valence-electron chi connectivity index (χ2n) is 4.86. The van der Waals surface area contributed by atoms with Crippen molar-refractivity contribution in [1.29, 1.82) is 0 Å². The van der Waals surface area contributed by atoms with E-state index in [9.17, 15) is 4.79 Å². The van der Waals surface area contributed by atoms with Gasteiger partial charge in [0.05, 0.1) is 5.56 Å². The number of halogens is 1. The number of aryl methyl sites for hydroxylation is 1. The maximum absolute atomic E-state index is 12.2. The maximum Gasteiger partial charge on any atom is 0.343 e. The molecule has 0 amide bonds. The molecular formula is C18H13ClO2.